The number of rotatable bonds is 1. The van der Waals surface area contributed by atoms with E-state index in [-0.39, 0.29) is 0 Å². The number of hydrogen-bond acceptors (Lipinski definition) is 5. The van der Waals surface area contributed by atoms with Crippen molar-refractivity contribution in [2.75, 3.05) is 0 Å². The van der Waals surface area contributed by atoms with Gasteiger partial charge in [0, 0.05) is 45.6 Å². The van der Waals surface area contributed by atoms with Crippen LogP contribution in [0.4, 0.5) is 0 Å². The van der Waals surface area contributed by atoms with Crippen molar-refractivity contribution < 1.29 is 8.83 Å². The maximum atomic E-state index is 6.05. The molecular weight excluding hydrogens is 446 g/mol. The molecule has 0 radical (unpaired) electrons. The first-order valence-electron chi connectivity index (χ1n) is 11.8. The predicted molar refractivity (Wildman–Crippen MR) is 140 cm³/mol. The minimum absolute atomic E-state index is 0.583. The van der Waals surface area contributed by atoms with Crippen molar-refractivity contribution in [1.82, 2.24) is 15.0 Å². The highest BCUT2D eigenvalue weighted by molar-refractivity contribution is 6.04. The molecule has 1 aliphatic rings. The molecule has 0 amide bonds. The van der Waals surface area contributed by atoms with Crippen LogP contribution in [0.2, 0.25) is 0 Å². The van der Waals surface area contributed by atoms with E-state index in [9.17, 15) is 0 Å². The summed E-state index contributed by atoms with van der Waals surface area (Å²) in [5, 5.41) is 1.93. The van der Waals surface area contributed by atoms with Crippen LogP contribution in [-0.4, -0.2) is 15.0 Å². The van der Waals surface area contributed by atoms with E-state index in [1.807, 2.05) is 54.9 Å². The maximum absolute atomic E-state index is 6.05. The molecule has 0 bridgehead atoms. The normalized spacial score (nSPS) is 11.9. The number of pyridine rings is 1. The highest BCUT2D eigenvalue weighted by atomic mass is 16.3. The van der Waals surface area contributed by atoms with Gasteiger partial charge < -0.3 is 8.83 Å². The van der Waals surface area contributed by atoms with Crippen molar-refractivity contribution in [1.29, 1.82) is 0 Å². The molecule has 0 fully saturated rings. The fourth-order valence-corrected chi connectivity index (χ4v) is 5.25. The topological polar surface area (TPSA) is 65.0 Å². The summed E-state index contributed by atoms with van der Waals surface area (Å²) in [6.07, 6.45) is 5.43. The Kier molecular flexibility index (Phi) is 3.88. The van der Waals surface area contributed by atoms with Gasteiger partial charge in [-0.3, -0.25) is 4.98 Å². The van der Waals surface area contributed by atoms with E-state index < -0.39 is 0 Å². The van der Waals surface area contributed by atoms with Crippen molar-refractivity contribution >= 4 is 22.1 Å². The minimum Gasteiger partial charge on any atom is -0.464 e. The molecule has 168 valence electrons. The first kappa shape index (κ1) is 19.3. The van der Waals surface area contributed by atoms with Crippen LogP contribution in [0.5, 0.6) is 0 Å². The number of hydrogen-bond donors (Lipinski definition) is 0. The number of para-hydroxylation sites is 1. The average molecular weight is 463 g/mol. The van der Waals surface area contributed by atoms with Crippen LogP contribution in [0.15, 0.2) is 112 Å². The number of aromatic nitrogens is 3. The summed E-state index contributed by atoms with van der Waals surface area (Å²) in [6, 6.07) is 28.7. The summed E-state index contributed by atoms with van der Waals surface area (Å²) in [5.41, 5.74) is 9.54. The van der Waals surface area contributed by atoms with Gasteiger partial charge in [-0.15, -0.1) is 0 Å². The van der Waals surface area contributed by atoms with Gasteiger partial charge in [-0.25, -0.2) is 4.98 Å². The van der Waals surface area contributed by atoms with E-state index in [4.69, 9.17) is 23.8 Å². The summed E-state index contributed by atoms with van der Waals surface area (Å²) in [5.74, 6) is 1.44. The lowest BCUT2D eigenvalue weighted by molar-refractivity contribution is 0.583. The Bertz CT molecular complexity index is 1960. The summed E-state index contributed by atoms with van der Waals surface area (Å²) in [7, 11) is 0. The van der Waals surface area contributed by atoms with Gasteiger partial charge >= 0.3 is 0 Å². The second kappa shape index (κ2) is 7.23. The van der Waals surface area contributed by atoms with Crippen LogP contribution >= 0.6 is 0 Å². The lowest BCUT2D eigenvalue weighted by Gasteiger charge is -2.19. The third kappa shape index (κ3) is 2.68. The fourth-order valence-electron chi connectivity index (χ4n) is 5.25. The van der Waals surface area contributed by atoms with Gasteiger partial charge in [-0.1, -0.05) is 54.6 Å². The zero-order valence-electron chi connectivity index (χ0n) is 19.0. The highest BCUT2D eigenvalue weighted by Gasteiger charge is 2.25. The Morgan fingerprint density at radius 2 is 1.47 bits per heavy atom. The van der Waals surface area contributed by atoms with Gasteiger partial charge in [-0.05, 0) is 41.5 Å². The molecule has 1 aliphatic carbocycles. The Balaban J connectivity index is 1.39. The lowest BCUT2D eigenvalue weighted by Crippen LogP contribution is -1.98. The van der Waals surface area contributed by atoms with Gasteiger partial charge in [0.15, 0.2) is 5.82 Å². The van der Waals surface area contributed by atoms with Crippen molar-refractivity contribution in [2.24, 2.45) is 0 Å². The van der Waals surface area contributed by atoms with Crippen molar-refractivity contribution in [3.8, 4) is 56.2 Å². The first-order valence-corrected chi connectivity index (χ1v) is 11.8. The quantitative estimate of drug-likeness (QED) is 0.247. The average Bonchev–Trinajstić information content (AvgIpc) is 3.56. The van der Waals surface area contributed by atoms with Crippen LogP contribution in [0.3, 0.4) is 0 Å². The predicted octanol–water partition coefficient (Wildman–Crippen LogP) is 8.01. The molecule has 0 N–H and O–H groups in total. The van der Waals surface area contributed by atoms with E-state index in [0.29, 0.717) is 11.5 Å². The molecule has 8 rings (SSSR count). The van der Waals surface area contributed by atoms with E-state index in [1.54, 1.807) is 6.26 Å². The van der Waals surface area contributed by atoms with E-state index in [2.05, 4.69) is 42.5 Å². The Labute approximate surface area is 205 Å². The van der Waals surface area contributed by atoms with Crippen molar-refractivity contribution in [3.05, 3.63) is 104 Å². The molecule has 0 unspecified atom stereocenters. The smallest absolute Gasteiger partial charge is 0.230 e. The van der Waals surface area contributed by atoms with Gasteiger partial charge in [-0.2, -0.15) is 4.98 Å². The van der Waals surface area contributed by atoms with Crippen LogP contribution < -0.4 is 0 Å². The number of fused-ring (bicyclic) bond motifs is 11. The highest BCUT2D eigenvalue weighted by Crippen LogP contribution is 2.48. The molecule has 4 heterocycles. The van der Waals surface area contributed by atoms with Crippen molar-refractivity contribution in [3.63, 3.8) is 0 Å². The Morgan fingerprint density at radius 1 is 0.611 bits per heavy atom. The summed E-state index contributed by atoms with van der Waals surface area (Å²) >= 11 is 0. The van der Waals surface area contributed by atoms with Gasteiger partial charge in [0.25, 0.3) is 0 Å². The second-order valence-electron chi connectivity index (χ2n) is 8.88. The molecule has 4 aromatic heterocycles. The molecule has 0 aliphatic heterocycles. The molecule has 3 aromatic carbocycles. The molecule has 5 heteroatoms. The van der Waals surface area contributed by atoms with E-state index >= 15 is 0 Å². The van der Waals surface area contributed by atoms with Gasteiger partial charge in [0.05, 0.1) is 17.3 Å². The van der Waals surface area contributed by atoms with Gasteiger partial charge in [0.1, 0.15) is 11.3 Å². The molecule has 0 atom stereocenters. The number of nitrogens with zero attached hydrogens (tertiary/aromatic N) is 3. The molecule has 5 nitrogen and oxygen atoms in total. The lowest BCUT2D eigenvalue weighted by atomic mass is 9.85. The first-order chi connectivity index (χ1) is 17.8. The standard InChI is InChI=1S/C31H17N3O2/c1-2-8-21-19(6-1)25-16-18(30-33-17-26-20-7-3-4-10-27(20)36-31(26)34-30)11-12-23(25)29-24(13-15-35-29)22-9-5-14-32-28(21)22/h1-17H. The van der Waals surface area contributed by atoms with Crippen LogP contribution in [-0.2, 0) is 0 Å². The Morgan fingerprint density at radius 3 is 2.44 bits per heavy atom. The number of benzene rings is 3. The molecule has 0 spiro atoms. The van der Waals surface area contributed by atoms with E-state index in [0.717, 1.165) is 66.8 Å². The SMILES string of the molecule is c1ccc2c(c1)-c1cc(-c3ncc4c(n3)oc3ccccc34)ccc1-c1occc1-c1cccnc1-2. The third-order valence-corrected chi connectivity index (χ3v) is 6.90. The van der Waals surface area contributed by atoms with Crippen LogP contribution in [0.1, 0.15) is 0 Å². The Hall–Kier alpha value is -5.03. The minimum atomic E-state index is 0.583. The zero-order valence-corrected chi connectivity index (χ0v) is 19.0. The van der Waals surface area contributed by atoms with E-state index in [1.165, 1.54) is 0 Å². The summed E-state index contributed by atoms with van der Waals surface area (Å²) in [6.45, 7) is 0. The van der Waals surface area contributed by atoms with Crippen LogP contribution in [0, 0.1) is 0 Å². The molecule has 36 heavy (non-hydrogen) atoms. The monoisotopic (exact) mass is 463 g/mol. The zero-order chi connectivity index (χ0) is 23.6. The van der Waals surface area contributed by atoms with Crippen LogP contribution in [0.25, 0.3) is 78.3 Å². The maximum Gasteiger partial charge on any atom is 0.230 e. The van der Waals surface area contributed by atoms with Crippen molar-refractivity contribution in [2.45, 2.75) is 0 Å². The largest absolute Gasteiger partial charge is 0.464 e. The summed E-state index contributed by atoms with van der Waals surface area (Å²) < 4.78 is 12.1. The second-order valence-corrected chi connectivity index (χ2v) is 8.88. The van der Waals surface area contributed by atoms with Gasteiger partial charge in [0.2, 0.25) is 5.71 Å². The third-order valence-electron chi connectivity index (χ3n) is 6.90. The molecular formula is C31H17N3O2. The molecule has 0 saturated heterocycles. The molecule has 7 aromatic rings. The fraction of sp³-hybridized carbons (Fsp3) is 0. The summed E-state index contributed by atoms with van der Waals surface area (Å²) in [4.78, 5) is 14.3. The molecule has 0 saturated carbocycles. The number of furan rings is 2.